The number of carbonyl (C=O) groups excluding carboxylic acids is 1. The third-order valence-corrected chi connectivity index (χ3v) is 4.55. The van der Waals surface area contributed by atoms with Gasteiger partial charge in [-0.1, -0.05) is 48.8 Å². The number of fused-ring (bicyclic) bond motifs is 1. The van der Waals surface area contributed by atoms with E-state index in [0.29, 0.717) is 12.3 Å². The number of benzene rings is 1. The average Bonchev–Trinajstić information content (AvgIpc) is 2.76. The van der Waals surface area contributed by atoms with Gasteiger partial charge < -0.3 is 5.32 Å². The van der Waals surface area contributed by atoms with Crippen molar-refractivity contribution in [2.24, 2.45) is 11.8 Å². The van der Waals surface area contributed by atoms with Gasteiger partial charge in [0.15, 0.2) is 0 Å². The zero-order valence-electron chi connectivity index (χ0n) is 12.7. The van der Waals surface area contributed by atoms with Gasteiger partial charge >= 0.3 is 0 Å². The molecule has 1 aromatic carbocycles. The van der Waals surface area contributed by atoms with Crippen LogP contribution in [0.2, 0.25) is 0 Å². The van der Waals surface area contributed by atoms with Crippen molar-refractivity contribution in [3.8, 4) is 6.07 Å². The number of nitrogens with one attached hydrogen (secondary N) is 1. The summed E-state index contributed by atoms with van der Waals surface area (Å²) in [4.78, 5) is 11.6. The topological polar surface area (TPSA) is 52.9 Å². The van der Waals surface area contributed by atoms with Crippen LogP contribution in [0, 0.1) is 23.2 Å². The molecule has 21 heavy (non-hydrogen) atoms. The maximum Gasteiger partial charge on any atom is 0.228 e. The van der Waals surface area contributed by atoms with Gasteiger partial charge in [-0.05, 0) is 29.5 Å². The van der Waals surface area contributed by atoms with Crippen molar-refractivity contribution >= 4 is 27.5 Å². The molecule has 0 radical (unpaired) electrons. The van der Waals surface area contributed by atoms with Gasteiger partial charge in [0.25, 0.3) is 0 Å². The van der Waals surface area contributed by atoms with Crippen LogP contribution in [0.3, 0.4) is 0 Å². The number of halogens is 1. The Balaban J connectivity index is 2.36. The lowest BCUT2D eigenvalue weighted by atomic mass is 9.79. The third-order valence-electron chi connectivity index (χ3n) is 3.99. The number of anilines is 1. The van der Waals surface area contributed by atoms with Crippen molar-refractivity contribution in [3.05, 3.63) is 29.3 Å². The predicted octanol–water partition coefficient (Wildman–Crippen LogP) is 4.23. The van der Waals surface area contributed by atoms with Crippen molar-refractivity contribution in [3.63, 3.8) is 0 Å². The minimum absolute atomic E-state index is 0.0493. The molecule has 0 saturated carbocycles. The second-order valence-corrected chi connectivity index (χ2v) is 7.65. The zero-order valence-corrected chi connectivity index (χ0v) is 14.3. The highest BCUT2D eigenvalue weighted by molar-refractivity contribution is 9.09. The van der Waals surface area contributed by atoms with Crippen molar-refractivity contribution < 1.29 is 4.79 Å². The summed E-state index contributed by atoms with van der Waals surface area (Å²) in [6.07, 6.45) is 1.41. The molecule has 0 aromatic heterocycles. The molecule has 2 unspecified atom stereocenters. The first kappa shape index (κ1) is 16.0. The van der Waals surface area contributed by atoms with Gasteiger partial charge in [-0.15, -0.1) is 0 Å². The van der Waals surface area contributed by atoms with Crippen LogP contribution in [0.1, 0.15) is 44.2 Å². The summed E-state index contributed by atoms with van der Waals surface area (Å²) >= 11 is 3.57. The van der Waals surface area contributed by atoms with E-state index < -0.39 is 0 Å². The van der Waals surface area contributed by atoms with Crippen LogP contribution in [0.4, 0.5) is 5.69 Å². The SMILES string of the molecule is CC(C)CC(c1ccc2c(c1)CC(=O)N2)C(C#N)[C@H](C)Br. The van der Waals surface area contributed by atoms with E-state index in [9.17, 15) is 10.1 Å². The standard InChI is InChI=1S/C17H21BrN2O/c1-10(2)6-14(15(9-19)11(3)18)12-4-5-16-13(7-12)8-17(21)20-16/h4-5,7,10-11,14-15H,6,8H2,1-3H3,(H,20,21)/t11-,14?,15?/m0/s1. The fourth-order valence-corrected chi connectivity index (χ4v) is 3.48. The minimum Gasteiger partial charge on any atom is -0.326 e. The van der Waals surface area contributed by atoms with Crippen LogP contribution in [0.25, 0.3) is 0 Å². The summed E-state index contributed by atoms with van der Waals surface area (Å²) in [5.74, 6) is 0.680. The van der Waals surface area contributed by atoms with Crippen LogP contribution in [0.15, 0.2) is 18.2 Å². The van der Waals surface area contributed by atoms with Crippen molar-refractivity contribution in [1.29, 1.82) is 5.26 Å². The van der Waals surface area contributed by atoms with E-state index >= 15 is 0 Å². The highest BCUT2D eigenvalue weighted by Gasteiger charge is 2.29. The first-order valence-electron chi connectivity index (χ1n) is 7.38. The molecule has 2 rings (SSSR count). The quantitative estimate of drug-likeness (QED) is 0.809. The van der Waals surface area contributed by atoms with E-state index in [4.69, 9.17) is 0 Å². The highest BCUT2D eigenvalue weighted by atomic mass is 79.9. The molecule has 1 aliphatic rings. The van der Waals surface area contributed by atoms with E-state index in [1.165, 1.54) is 0 Å². The van der Waals surface area contributed by atoms with Gasteiger partial charge in [0.1, 0.15) is 0 Å². The summed E-state index contributed by atoms with van der Waals surface area (Å²) in [6, 6.07) is 8.57. The first-order chi connectivity index (χ1) is 9.92. The monoisotopic (exact) mass is 348 g/mol. The van der Waals surface area contributed by atoms with Crippen LogP contribution in [-0.2, 0) is 11.2 Å². The minimum atomic E-state index is -0.0736. The summed E-state index contributed by atoms with van der Waals surface area (Å²) < 4.78 is 0. The number of amides is 1. The molecule has 0 aliphatic carbocycles. The molecule has 112 valence electrons. The van der Waals surface area contributed by atoms with E-state index in [2.05, 4.69) is 53.3 Å². The van der Waals surface area contributed by atoms with Crippen LogP contribution < -0.4 is 5.32 Å². The summed E-state index contributed by atoms with van der Waals surface area (Å²) in [5.41, 5.74) is 3.12. The van der Waals surface area contributed by atoms with E-state index in [-0.39, 0.29) is 22.6 Å². The molecule has 1 aromatic rings. The Kier molecular flexibility index (Phi) is 5.05. The molecule has 1 heterocycles. The number of nitrogens with zero attached hydrogens (tertiary/aromatic N) is 1. The molecule has 4 heteroatoms. The predicted molar refractivity (Wildman–Crippen MR) is 88.5 cm³/mol. The summed E-state index contributed by atoms with van der Waals surface area (Å²) in [6.45, 7) is 6.39. The Morgan fingerprint density at radius 1 is 1.38 bits per heavy atom. The average molecular weight is 349 g/mol. The smallest absolute Gasteiger partial charge is 0.228 e. The van der Waals surface area contributed by atoms with Crippen molar-refractivity contribution in [2.75, 3.05) is 5.32 Å². The number of hydrogen-bond acceptors (Lipinski definition) is 2. The maximum atomic E-state index is 11.5. The molecule has 1 N–H and O–H groups in total. The lowest BCUT2D eigenvalue weighted by Crippen LogP contribution is -2.20. The summed E-state index contributed by atoms with van der Waals surface area (Å²) in [5, 5.41) is 12.4. The molecule has 1 amide bonds. The van der Waals surface area contributed by atoms with Crippen LogP contribution >= 0.6 is 15.9 Å². The van der Waals surface area contributed by atoms with Gasteiger partial charge in [-0.2, -0.15) is 5.26 Å². The van der Waals surface area contributed by atoms with E-state index in [1.54, 1.807) is 0 Å². The molecule has 3 atom stereocenters. The third kappa shape index (κ3) is 3.65. The first-order valence-corrected chi connectivity index (χ1v) is 8.30. The van der Waals surface area contributed by atoms with E-state index in [0.717, 1.165) is 23.2 Å². The fraction of sp³-hybridized carbons (Fsp3) is 0.529. The molecule has 1 aliphatic heterocycles. The Morgan fingerprint density at radius 2 is 2.10 bits per heavy atom. The van der Waals surface area contributed by atoms with Gasteiger partial charge in [-0.3, -0.25) is 4.79 Å². The lowest BCUT2D eigenvalue weighted by molar-refractivity contribution is -0.115. The van der Waals surface area contributed by atoms with Gasteiger partial charge in [0.2, 0.25) is 5.91 Å². The van der Waals surface area contributed by atoms with Crippen LogP contribution in [0.5, 0.6) is 0 Å². The summed E-state index contributed by atoms with van der Waals surface area (Å²) in [7, 11) is 0. The number of alkyl halides is 1. The van der Waals surface area contributed by atoms with E-state index in [1.807, 2.05) is 13.0 Å². The molecule has 0 bridgehead atoms. The van der Waals surface area contributed by atoms with Crippen LogP contribution in [-0.4, -0.2) is 10.7 Å². The molecule has 0 fully saturated rings. The maximum absolute atomic E-state index is 11.5. The fourth-order valence-electron chi connectivity index (χ4n) is 2.99. The second kappa shape index (κ2) is 6.62. The molecular formula is C17H21BrN2O. The number of hydrogen-bond donors (Lipinski definition) is 1. The molecule has 0 saturated heterocycles. The van der Waals surface area contributed by atoms with Gasteiger partial charge in [-0.25, -0.2) is 0 Å². The van der Waals surface area contributed by atoms with Gasteiger partial charge in [0, 0.05) is 16.4 Å². The Morgan fingerprint density at radius 3 is 2.67 bits per heavy atom. The van der Waals surface area contributed by atoms with Crippen molar-refractivity contribution in [2.45, 2.75) is 44.4 Å². The zero-order chi connectivity index (χ0) is 15.6. The van der Waals surface area contributed by atoms with Gasteiger partial charge in [0.05, 0.1) is 18.4 Å². The highest BCUT2D eigenvalue weighted by Crippen LogP contribution is 2.37. The number of carbonyl (C=O) groups is 1. The lowest BCUT2D eigenvalue weighted by Gasteiger charge is -2.26. The van der Waals surface area contributed by atoms with Crippen molar-refractivity contribution in [1.82, 2.24) is 0 Å². The molecular weight excluding hydrogens is 328 g/mol. The largest absolute Gasteiger partial charge is 0.326 e. The number of nitriles is 1. The Hall–Kier alpha value is -1.34. The Labute approximate surface area is 134 Å². The second-order valence-electron chi connectivity index (χ2n) is 6.21. The normalized spacial score (nSPS) is 17.8. The number of rotatable bonds is 5. The Bertz CT molecular complexity index is 575. The molecule has 0 spiro atoms. The molecule has 3 nitrogen and oxygen atoms in total.